The van der Waals surface area contributed by atoms with Crippen LogP contribution in [0.3, 0.4) is 0 Å². The van der Waals surface area contributed by atoms with Crippen molar-refractivity contribution in [2.24, 2.45) is 0 Å². The van der Waals surface area contributed by atoms with Crippen LogP contribution in [-0.4, -0.2) is 41.5 Å². The number of hydrogen-bond acceptors (Lipinski definition) is 7. The molecule has 35 heavy (non-hydrogen) atoms. The molecule has 0 radical (unpaired) electrons. The minimum atomic E-state index is -4.56. The zero-order valence-corrected chi connectivity index (χ0v) is 20.5. The number of carbonyl (C=O) groups excluding carboxylic acids is 1. The lowest BCUT2D eigenvalue weighted by molar-refractivity contribution is -0.137. The van der Waals surface area contributed by atoms with Crippen molar-refractivity contribution in [1.29, 1.82) is 0 Å². The van der Waals surface area contributed by atoms with Gasteiger partial charge in [0.25, 0.3) is 6.47 Å². The molecule has 0 bridgehead atoms. The Kier molecular flexibility index (Phi) is 11.2. The first kappa shape index (κ1) is 28.4. The summed E-state index contributed by atoms with van der Waals surface area (Å²) >= 11 is 0. The van der Waals surface area contributed by atoms with Crippen LogP contribution in [0.4, 0.5) is 19.0 Å². The number of alkyl halides is 3. The number of phenols is 1. The van der Waals surface area contributed by atoms with E-state index in [4.69, 9.17) is 9.53 Å². The minimum Gasteiger partial charge on any atom is -0.507 e. The van der Waals surface area contributed by atoms with E-state index in [9.17, 15) is 18.3 Å². The van der Waals surface area contributed by atoms with E-state index in [0.29, 0.717) is 37.4 Å². The summed E-state index contributed by atoms with van der Waals surface area (Å²) in [5, 5.41) is 22.5. The molecule has 194 valence electrons. The number of carbonyl (C=O) groups is 1. The summed E-state index contributed by atoms with van der Waals surface area (Å²) in [7, 11) is 1.31. The molecule has 0 aliphatic carbocycles. The predicted octanol–water partition coefficient (Wildman–Crippen LogP) is 5.89. The molecule has 1 aromatic heterocycles. The number of phenolic OH excluding ortho intramolecular Hbond substituents is 1. The van der Waals surface area contributed by atoms with E-state index < -0.39 is 17.5 Å². The lowest BCUT2D eigenvalue weighted by Gasteiger charge is -2.19. The quantitative estimate of drug-likeness (QED) is 0.347. The number of aromatic nitrogens is 2. The van der Waals surface area contributed by atoms with Crippen LogP contribution >= 0.6 is 0 Å². The van der Waals surface area contributed by atoms with E-state index in [0.717, 1.165) is 43.4 Å². The van der Waals surface area contributed by atoms with Gasteiger partial charge in [-0.1, -0.05) is 33.1 Å². The Morgan fingerprint density at radius 2 is 1.94 bits per heavy atom. The van der Waals surface area contributed by atoms with Crippen LogP contribution < -0.4 is 5.32 Å². The Hall–Kier alpha value is -2.88. The van der Waals surface area contributed by atoms with E-state index in [2.05, 4.69) is 34.1 Å². The topological polar surface area (TPSA) is 93.6 Å². The van der Waals surface area contributed by atoms with E-state index in [1.807, 2.05) is 6.07 Å². The van der Waals surface area contributed by atoms with Crippen molar-refractivity contribution >= 4 is 12.3 Å². The maximum atomic E-state index is 13.2. The first-order chi connectivity index (χ1) is 16.7. The fraction of sp³-hybridized carbons (Fsp3) is 0.560. The van der Waals surface area contributed by atoms with Gasteiger partial charge in [-0.15, -0.1) is 10.2 Å². The summed E-state index contributed by atoms with van der Waals surface area (Å²) in [6.45, 7) is 5.06. The first-order valence-corrected chi connectivity index (χ1v) is 11.9. The molecule has 0 saturated heterocycles. The third-order valence-corrected chi connectivity index (χ3v) is 5.73. The molecular formula is C25H34F3N3O4. The van der Waals surface area contributed by atoms with Crippen LogP contribution in [0.25, 0.3) is 11.3 Å². The first-order valence-electron chi connectivity index (χ1n) is 11.9. The number of anilines is 1. The Balaban J connectivity index is 0.00000100. The van der Waals surface area contributed by atoms with E-state index in [-0.39, 0.29) is 23.8 Å². The van der Waals surface area contributed by atoms with Gasteiger partial charge in [-0.3, -0.25) is 4.79 Å². The summed E-state index contributed by atoms with van der Waals surface area (Å²) in [5.74, 6) is 0.188. The third-order valence-electron chi connectivity index (χ3n) is 5.73. The molecule has 1 aromatic carbocycles. The van der Waals surface area contributed by atoms with Crippen LogP contribution in [0.15, 0.2) is 18.2 Å². The molecule has 1 aliphatic heterocycles. The molecule has 7 nitrogen and oxygen atoms in total. The van der Waals surface area contributed by atoms with Gasteiger partial charge >= 0.3 is 6.18 Å². The number of hydrogen-bond donors (Lipinski definition) is 2. The number of methoxy groups -OCH3 is 1. The van der Waals surface area contributed by atoms with Crippen LogP contribution in [0, 0.1) is 0 Å². The van der Waals surface area contributed by atoms with Crippen molar-refractivity contribution < 1.29 is 32.5 Å². The largest absolute Gasteiger partial charge is 0.507 e. The van der Waals surface area contributed by atoms with E-state index >= 15 is 0 Å². The molecule has 0 unspecified atom stereocenters. The van der Waals surface area contributed by atoms with Gasteiger partial charge in [0.15, 0.2) is 0 Å². The Bertz CT molecular complexity index is 954. The zero-order valence-electron chi connectivity index (χ0n) is 20.5. The number of aryl methyl sites for hydroxylation is 1. The Morgan fingerprint density at radius 3 is 2.57 bits per heavy atom. The van der Waals surface area contributed by atoms with E-state index in [1.165, 1.54) is 13.5 Å². The number of rotatable bonds is 8. The highest BCUT2D eigenvalue weighted by molar-refractivity contribution is 5.74. The van der Waals surface area contributed by atoms with Crippen molar-refractivity contribution in [1.82, 2.24) is 10.2 Å². The third kappa shape index (κ3) is 8.38. The van der Waals surface area contributed by atoms with Gasteiger partial charge in [-0.2, -0.15) is 13.2 Å². The van der Waals surface area contributed by atoms with Crippen molar-refractivity contribution in [2.75, 3.05) is 19.0 Å². The lowest BCUT2D eigenvalue weighted by atomic mass is 9.96. The number of ether oxygens (including phenoxy) is 2. The van der Waals surface area contributed by atoms with Crippen molar-refractivity contribution in [3.8, 4) is 17.0 Å². The SMILES string of the molecule is CCCCC[C@H](CC)Nc1cc2c(nn1)-c1c(O)cc(C(F)(F)F)cc1COCCC2.COC=O. The minimum absolute atomic E-state index is 0.0245. The molecule has 0 amide bonds. The molecule has 10 heteroatoms. The summed E-state index contributed by atoms with van der Waals surface area (Å²) < 4.78 is 49.1. The second-order valence-corrected chi connectivity index (χ2v) is 8.36. The van der Waals surface area contributed by atoms with Gasteiger partial charge < -0.3 is 19.9 Å². The highest BCUT2D eigenvalue weighted by atomic mass is 19.4. The normalized spacial score (nSPS) is 14.1. The maximum absolute atomic E-state index is 13.2. The van der Waals surface area contributed by atoms with E-state index in [1.54, 1.807) is 0 Å². The molecule has 2 heterocycles. The average Bonchev–Trinajstić information content (AvgIpc) is 2.91. The van der Waals surface area contributed by atoms with Gasteiger partial charge in [-0.25, -0.2) is 0 Å². The smallest absolute Gasteiger partial charge is 0.416 e. The number of benzene rings is 1. The molecular weight excluding hydrogens is 463 g/mol. The number of fused-ring (bicyclic) bond motifs is 3. The molecule has 2 N–H and O–H groups in total. The van der Waals surface area contributed by atoms with Crippen molar-refractivity contribution in [3.05, 3.63) is 34.9 Å². The molecule has 0 saturated carbocycles. The number of halogens is 3. The van der Waals surface area contributed by atoms with Gasteiger partial charge in [0.05, 0.1) is 19.3 Å². The highest BCUT2D eigenvalue weighted by Crippen LogP contribution is 2.40. The number of aromatic hydroxyl groups is 1. The van der Waals surface area contributed by atoms with Crippen LogP contribution in [0.5, 0.6) is 5.75 Å². The molecule has 1 atom stereocenters. The van der Waals surface area contributed by atoms with Crippen molar-refractivity contribution in [3.63, 3.8) is 0 Å². The molecule has 1 aliphatic rings. The fourth-order valence-corrected chi connectivity index (χ4v) is 3.91. The average molecular weight is 498 g/mol. The van der Waals surface area contributed by atoms with Crippen LogP contribution in [0.1, 0.15) is 69.1 Å². The summed E-state index contributed by atoms with van der Waals surface area (Å²) in [4.78, 5) is 8.95. The van der Waals surface area contributed by atoms with Crippen LogP contribution in [-0.2, 0) is 33.5 Å². The maximum Gasteiger partial charge on any atom is 0.416 e. The van der Waals surface area contributed by atoms with Gasteiger partial charge in [0.2, 0.25) is 0 Å². The van der Waals surface area contributed by atoms with Gasteiger partial charge in [0.1, 0.15) is 17.3 Å². The molecule has 0 fully saturated rings. The second-order valence-electron chi connectivity index (χ2n) is 8.36. The van der Waals surface area contributed by atoms with Gasteiger partial charge in [0, 0.05) is 18.2 Å². The summed E-state index contributed by atoms with van der Waals surface area (Å²) in [6, 6.07) is 3.96. The number of nitrogens with zero attached hydrogens (tertiary/aromatic N) is 2. The molecule has 0 spiro atoms. The van der Waals surface area contributed by atoms with Crippen LogP contribution in [0.2, 0.25) is 0 Å². The standard InChI is InChI=1S/C23H30F3N3O2.C2H4O2/c1-3-5-6-9-18(4-2)27-20-12-15-8-7-10-31-14-16-11-17(23(24,25)26)13-19(30)21(16)22(15)29-28-20;1-4-2-3/h11-13,18,30H,3-10,14H2,1-2H3,(H,27,28);2H,1H3/t18-;/m0./s1. The fourth-order valence-electron chi connectivity index (χ4n) is 3.91. The highest BCUT2D eigenvalue weighted by Gasteiger charge is 2.33. The lowest BCUT2D eigenvalue weighted by Crippen LogP contribution is -2.19. The Labute approximate surface area is 204 Å². The van der Waals surface area contributed by atoms with Crippen molar-refractivity contribution in [2.45, 2.75) is 77.6 Å². The second kappa shape index (κ2) is 13.9. The predicted molar refractivity (Wildman–Crippen MR) is 127 cm³/mol. The molecule has 2 aromatic rings. The monoisotopic (exact) mass is 497 g/mol. The number of nitrogens with one attached hydrogen (secondary N) is 1. The number of unbranched alkanes of at least 4 members (excludes halogenated alkanes) is 2. The Morgan fingerprint density at radius 1 is 1.20 bits per heavy atom. The van der Waals surface area contributed by atoms with Gasteiger partial charge in [-0.05, 0) is 55.0 Å². The summed E-state index contributed by atoms with van der Waals surface area (Å²) in [6.07, 6.45) is 2.26. The molecule has 3 rings (SSSR count). The zero-order chi connectivity index (χ0) is 25.8. The summed E-state index contributed by atoms with van der Waals surface area (Å²) in [5.41, 5.74) is 0.867.